The lowest BCUT2D eigenvalue weighted by molar-refractivity contribution is 0.763. The van der Waals surface area contributed by atoms with Gasteiger partial charge in [-0.25, -0.2) is 9.97 Å². The molecule has 1 aromatic carbocycles. The van der Waals surface area contributed by atoms with Crippen LogP contribution in [0.2, 0.25) is 0 Å². The Bertz CT molecular complexity index is 627. The highest BCUT2D eigenvalue weighted by molar-refractivity contribution is 6.21. The summed E-state index contributed by atoms with van der Waals surface area (Å²) in [6.07, 6.45) is 1.81. The van der Waals surface area contributed by atoms with Crippen LogP contribution in [0.4, 0.5) is 5.82 Å². The molecule has 0 aliphatic heterocycles. The van der Waals surface area contributed by atoms with Gasteiger partial charge in [0.1, 0.15) is 11.6 Å². The number of nitrogens with zero attached hydrogens (tertiary/aromatic N) is 2. The number of hydrogen-bond donors (Lipinski definition) is 1. The van der Waals surface area contributed by atoms with E-state index >= 15 is 0 Å². The Morgan fingerprint density at radius 2 is 2.10 bits per heavy atom. The van der Waals surface area contributed by atoms with Gasteiger partial charge in [-0.2, -0.15) is 0 Å². The number of halogens is 1. The van der Waals surface area contributed by atoms with Gasteiger partial charge in [0.15, 0.2) is 0 Å². The van der Waals surface area contributed by atoms with Crippen LogP contribution in [0.25, 0.3) is 0 Å². The van der Waals surface area contributed by atoms with Gasteiger partial charge in [0.25, 0.3) is 0 Å². The average molecular weight is 288 g/mol. The van der Waals surface area contributed by atoms with Gasteiger partial charge < -0.3 is 5.32 Å². The summed E-state index contributed by atoms with van der Waals surface area (Å²) in [5.41, 5.74) is 3.66. The van der Waals surface area contributed by atoms with Crippen LogP contribution in [0.15, 0.2) is 30.3 Å². The molecule has 2 unspecified atom stereocenters. The molecule has 1 heterocycles. The number of anilines is 1. The van der Waals surface area contributed by atoms with Crippen molar-refractivity contribution in [3.05, 3.63) is 53.0 Å². The van der Waals surface area contributed by atoms with Crippen LogP contribution in [-0.2, 0) is 12.8 Å². The van der Waals surface area contributed by atoms with Crippen molar-refractivity contribution in [3.63, 3.8) is 0 Å². The first kappa shape index (κ1) is 13.4. The van der Waals surface area contributed by atoms with E-state index in [4.69, 9.17) is 11.6 Å². The summed E-state index contributed by atoms with van der Waals surface area (Å²) in [5.74, 6) is 1.66. The first-order valence-corrected chi connectivity index (χ1v) is 7.44. The van der Waals surface area contributed by atoms with Gasteiger partial charge in [0, 0.05) is 11.8 Å². The molecule has 0 fully saturated rings. The average Bonchev–Trinajstić information content (AvgIpc) is 2.75. The minimum atomic E-state index is 0.0627. The summed E-state index contributed by atoms with van der Waals surface area (Å²) < 4.78 is 0. The van der Waals surface area contributed by atoms with Crippen LogP contribution < -0.4 is 5.32 Å². The number of nitrogens with one attached hydrogen (secondary N) is 1. The van der Waals surface area contributed by atoms with E-state index in [2.05, 4.69) is 46.5 Å². The zero-order valence-corrected chi connectivity index (χ0v) is 12.5. The number of rotatable bonds is 3. The monoisotopic (exact) mass is 287 g/mol. The molecule has 2 aromatic rings. The van der Waals surface area contributed by atoms with Crippen molar-refractivity contribution < 1.29 is 0 Å². The number of aromatic nitrogens is 2. The van der Waals surface area contributed by atoms with Gasteiger partial charge in [-0.1, -0.05) is 31.2 Å². The summed E-state index contributed by atoms with van der Waals surface area (Å²) in [6, 6.07) is 10.5. The van der Waals surface area contributed by atoms with E-state index in [1.54, 1.807) is 0 Å². The maximum atomic E-state index is 6.50. The van der Waals surface area contributed by atoms with Crippen LogP contribution in [0.3, 0.4) is 0 Å². The Morgan fingerprint density at radius 1 is 1.30 bits per heavy atom. The minimum absolute atomic E-state index is 0.0627. The molecular formula is C16H18ClN3. The largest absolute Gasteiger partial charge is 0.362 e. The summed E-state index contributed by atoms with van der Waals surface area (Å²) in [4.78, 5) is 8.88. The van der Waals surface area contributed by atoms with Crippen LogP contribution in [0.1, 0.15) is 35.6 Å². The van der Waals surface area contributed by atoms with Crippen molar-refractivity contribution in [1.82, 2.24) is 9.97 Å². The molecule has 0 amide bonds. The summed E-state index contributed by atoms with van der Waals surface area (Å²) in [5, 5.41) is 3.54. The van der Waals surface area contributed by atoms with E-state index in [1.807, 2.05) is 13.0 Å². The first-order valence-electron chi connectivity index (χ1n) is 7.00. The number of aryl methyl sites for hydroxylation is 2. The van der Waals surface area contributed by atoms with Crippen LogP contribution >= 0.6 is 11.6 Å². The number of fused-ring (bicyclic) bond motifs is 1. The predicted octanol–water partition coefficient (Wildman–Crippen LogP) is 3.66. The van der Waals surface area contributed by atoms with E-state index in [0.717, 1.165) is 30.2 Å². The highest BCUT2D eigenvalue weighted by Gasteiger charge is 2.30. The fourth-order valence-corrected chi connectivity index (χ4v) is 3.12. The molecule has 1 aliphatic carbocycles. The Kier molecular flexibility index (Phi) is 3.62. The zero-order valence-electron chi connectivity index (χ0n) is 11.7. The second-order valence-electron chi connectivity index (χ2n) is 5.19. The molecule has 0 radical (unpaired) electrons. The number of alkyl halides is 1. The van der Waals surface area contributed by atoms with Crippen LogP contribution in [0, 0.1) is 6.92 Å². The molecule has 0 spiro atoms. The lowest BCUT2D eigenvalue weighted by Gasteiger charge is -2.18. The molecule has 3 nitrogen and oxygen atoms in total. The zero-order chi connectivity index (χ0) is 14.1. The Balaban J connectivity index is 1.90. The molecule has 1 aromatic heterocycles. The highest BCUT2D eigenvalue weighted by Crippen LogP contribution is 2.36. The Hall–Kier alpha value is -1.61. The maximum absolute atomic E-state index is 6.50. The van der Waals surface area contributed by atoms with Crippen molar-refractivity contribution in [2.75, 3.05) is 5.32 Å². The summed E-state index contributed by atoms with van der Waals surface area (Å²) >= 11 is 6.50. The predicted molar refractivity (Wildman–Crippen MR) is 82.3 cm³/mol. The molecule has 0 saturated carbocycles. The van der Waals surface area contributed by atoms with Crippen LogP contribution in [0.5, 0.6) is 0 Å². The standard InChI is InChI=1S/C16H18ClN3/c1-3-12-9-15(19-10(2)18-12)20-16-13-7-5-4-6-11(13)8-14(16)17/h4-7,9,14,16H,3,8H2,1-2H3,(H,18,19,20). The molecule has 1 N–H and O–H groups in total. The molecular weight excluding hydrogens is 270 g/mol. The molecule has 4 heteroatoms. The van der Waals surface area contributed by atoms with Crippen molar-refractivity contribution in [2.45, 2.75) is 38.1 Å². The second kappa shape index (κ2) is 5.41. The molecule has 1 aliphatic rings. The third-order valence-electron chi connectivity index (χ3n) is 3.72. The van der Waals surface area contributed by atoms with E-state index in [0.29, 0.717) is 0 Å². The van der Waals surface area contributed by atoms with E-state index in [-0.39, 0.29) is 11.4 Å². The highest BCUT2D eigenvalue weighted by atomic mass is 35.5. The third kappa shape index (κ3) is 2.50. The van der Waals surface area contributed by atoms with Gasteiger partial charge in [-0.3, -0.25) is 0 Å². The van der Waals surface area contributed by atoms with Gasteiger partial charge in [-0.05, 0) is 30.9 Å². The smallest absolute Gasteiger partial charge is 0.130 e. The molecule has 0 saturated heterocycles. The fraction of sp³-hybridized carbons (Fsp3) is 0.375. The minimum Gasteiger partial charge on any atom is -0.362 e. The normalized spacial score (nSPS) is 20.8. The Labute approximate surface area is 124 Å². The SMILES string of the molecule is CCc1cc(NC2c3ccccc3CC2Cl)nc(C)n1. The number of hydrogen-bond acceptors (Lipinski definition) is 3. The lowest BCUT2D eigenvalue weighted by Crippen LogP contribution is -2.18. The van der Waals surface area contributed by atoms with Crippen molar-refractivity contribution in [1.29, 1.82) is 0 Å². The lowest BCUT2D eigenvalue weighted by atomic mass is 10.1. The maximum Gasteiger partial charge on any atom is 0.130 e. The molecule has 3 rings (SSSR count). The molecule has 0 bridgehead atoms. The van der Waals surface area contributed by atoms with E-state index < -0.39 is 0 Å². The Morgan fingerprint density at radius 3 is 2.90 bits per heavy atom. The van der Waals surface area contributed by atoms with Gasteiger partial charge in [0.2, 0.25) is 0 Å². The van der Waals surface area contributed by atoms with Crippen LogP contribution in [-0.4, -0.2) is 15.3 Å². The topological polar surface area (TPSA) is 37.8 Å². The van der Waals surface area contributed by atoms with Gasteiger partial charge in [0.05, 0.1) is 11.4 Å². The summed E-state index contributed by atoms with van der Waals surface area (Å²) in [6.45, 7) is 4.02. The van der Waals surface area contributed by atoms with Gasteiger partial charge in [-0.15, -0.1) is 11.6 Å². The first-order chi connectivity index (χ1) is 9.67. The molecule has 2 atom stereocenters. The molecule has 104 valence electrons. The second-order valence-corrected chi connectivity index (χ2v) is 5.75. The third-order valence-corrected chi connectivity index (χ3v) is 4.13. The quantitative estimate of drug-likeness (QED) is 0.876. The van der Waals surface area contributed by atoms with E-state index in [1.165, 1.54) is 11.1 Å². The van der Waals surface area contributed by atoms with E-state index in [9.17, 15) is 0 Å². The van der Waals surface area contributed by atoms with Crippen molar-refractivity contribution in [3.8, 4) is 0 Å². The van der Waals surface area contributed by atoms with Gasteiger partial charge >= 0.3 is 0 Å². The number of benzene rings is 1. The van der Waals surface area contributed by atoms with Crippen molar-refractivity contribution >= 4 is 17.4 Å². The van der Waals surface area contributed by atoms with Crippen molar-refractivity contribution in [2.24, 2.45) is 0 Å². The fourth-order valence-electron chi connectivity index (χ4n) is 2.76. The summed E-state index contributed by atoms with van der Waals surface area (Å²) in [7, 11) is 0. The molecule has 20 heavy (non-hydrogen) atoms.